The van der Waals surface area contributed by atoms with Crippen molar-refractivity contribution in [3.63, 3.8) is 0 Å². The van der Waals surface area contributed by atoms with Crippen LogP contribution in [0.25, 0.3) is 0 Å². The number of thiophene rings is 1. The van der Waals surface area contributed by atoms with Crippen LogP contribution in [-0.2, 0) is 0 Å². The largest absolute Gasteiger partial charge is 0.321 e. The van der Waals surface area contributed by atoms with E-state index in [9.17, 15) is 9.18 Å². The first kappa shape index (κ1) is 11.1. The second kappa shape index (κ2) is 4.63. The molecule has 0 bridgehead atoms. The Balaban J connectivity index is 2.17. The molecule has 0 aliphatic rings. The fraction of sp³-hybridized carbons (Fsp3) is 0. The Hall–Kier alpha value is -1.39. The molecule has 16 heavy (non-hydrogen) atoms. The van der Waals surface area contributed by atoms with Crippen LogP contribution in [0.2, 0.25) is 5.02 Å². The molecular formula is C11H7ClFNOS. The minimum atomic E-state index is -0.393. The van der Waals surface area contributed by atoms with Gasteiger partial charge < -0.3 is 5.32 Å². The maximum absolute atomic E-state index is 12.9. The molecule has 0 atom stereocenters. The second-order valence-corrected chi connectivity index (χ2v) is 4.39. The van der Waals surface area contributed by atoms with E-state index >= 15 is 0 Å². The van der Waals surface area contributed by atoms with Gasteiger partial charge in [-0.3, -0.25) is 4.79 Å². The van der Waals surface area contributed by atoms with Crippen LogP contribution < -0.4 is 5.32 Å². The first-order valence-corrected chi connectivity index (χ1v) is 5.72. The summed E-state index contributed by atoms with van der Waals surface area (Å²) in [5.74, 6) is -0.722. The van der Waals surface area contributed by atoms with E-state index in [-0.39, 0.29) is 5.91 Å². The Kier molecular flexibility index (Phi) is 3.22. The van der Waals surface area contributed by atoms with Gasteiger partial charge >= 0.3 is 0 Å². The van der Waals surface area contributed by atoms with Crippen molar-refractivity contribution >= 4 is 34.5 Å². The Morgan fingerprint density at radius 3 is 2.81 bits per heavy atom. The highest BCUT2D eigenvalue weighted by Crippen LogP contribution is 2.23. The summed E-state index contributed by atoms with van der Waals surface area (Å²) in [4.78, 5) is 12.1. The fourth-order valence-corrected chi connectivity index (χ4v) is 2.25. The summed E-state index contributed by atoms with van der Waals surface area (Å²) in [6, 6.07) is 7.35. The second-order valence-electron chi connectivity index (χ2n) is 3.06. The molecule has 1 N–H and O–H groups in total. The van der Waals surface area contributed by atoms with Crippen LogP contribution in [0.4, 0.5) is 10.1 Å². The van der Waals surface area contributed by atoms with Crippen LogP contribution in [-0.4, -0.2) is 5.91 Å². The Morgan fingerprint density at radius 1 is 1.38 bits per heavy atom. The van der Waals surface area contributed by atoms with E-state index in [1.54, 1.807) is 17.5 Å². The van der Waals surface area contributed by atoms with Crippen LogP contribution in [0, 0.1) is 5.82 Å². The summed E-state index contributed by atoms with van der Waals surface area (Å²) in [5.41, 5.74) is 0.412. The van der Waals surface area contributed by atoms with Gasteiger partial charge in [0.2, 0.25) is 0 Å². The van der Waals surface area contributed by atoms with Crippen LogP contribution in [0.3, 0.4) is 0 Å². The van der Waals surface area contributed by atoms with Gasteiger partial charge in [0.1, 0.15) is 10.7 Å². The number of benzene rings is 1. The van der Waals surface area contributed by atoms with Crippen LogP contribution >= 0.6 is 22.9 Å². The van der Waals surface area contributed by atoms with Gasteiger partial charge in [0.15, 0.2) is 0 Å². The molecule has 5 heteroatoms. The zero-order valence-corrected chi connectivity index (χ0v) is 9.61. The molecule has 1 heterocycles. The summed E-state index contributed by atoms with van der Waals surface area (Å²) >= 11 is 7.05. The lowest BCUT2D eigenvalue weighted by molar-refractivity contribution is 0.103. The molecule has 0 saturated carbocycles. The number of carbonyl (C=O) groups excluding carboxylic acids is 1. The number of hydrogen-bond donors (Lipinski definition) is 1. The van der Waals surface area contributed by atoms with Gasteiger partial charge in [0.05, 0.1) is 5.02 Å². The van der Waals surface area contributed by atoms with E-state index in [2.05, 4.69) is 5.32 Å². The minimum Gasteiger partial charge on any atom is -0.321 e. The van der Waals surface area contributed by atoms with Gasteiger partial charge in [-0.25, -0.2) is 4.39 Å². The molecule has 1 aromatic carbocycles. The smallest absolute Gasteiger partial charge is 0.267 e. The number of rotatable bonds is 2. The molecule has 0 aliphatic carbocycles. The molecule has 2 aromatic rings. The van der Waals surface area contributed by atoms with Crippen molar-refractivity contribution in [2.24, 2.45) is 0 Å². The Morgan fingerprint density at radius 2 is 2.19 bits per heavy atom. The van der Waals surface area contributed by atoms with E-state index in [4.69, 9.17) is 11.6 Å². The van der Waals surface area contributed by atoms with Crippen molar-refractivity contribution in [3.8, 4) is 0 Å². The number of hydrogen-bond acceptors (Lipinski definition) is 2. The molecule has 2 nitrogen and oxygen atoms in total. The highest BCUT2D eigenvalue weighted by Gasteiger charge is 2.11. The summed E-state index contributed by atoms with van der Waals surface area (Å²) < 4.78 is 12.9. The number of nitrogens with one attached hydrogen (secondary N) is 1. The van der Waals surface area contributed by atoms with Gasteiger partial charge in [0.25, 0.3) is 5.91 Å². The van der Waals surface area contributed by atoms with Crippen molar-refractivity contribution < 1.29 is 9.18 Å². The molecule has 0 spiro atoms. The van der Waals surface area contributed by atoms with Crippen LogP contribution in [0.15, 0.2) is 35.7 Å². The third-order valence-electron chi connectivity index (χ3n) is 1.91. The summed E-state index contributed by atoms with van der Waals surface area (Å²) in [6.07, 6.45) is 0. The summed E-state index contributed by atoms with van der Waals surface area (Å²) in [7, 11) is 0. The SMILES string of the molecule is O=C(Nc1cccc(F)c1)c1sccc1Cl. The lowest BCUT2D eigenvalue weighted by Crippen LogP contribution is -2.10. The maximum atomic E-state index is 12.9. The molecule has 0 radical (unpaired) electrons. The predicted molar refractivity (Wildman–Crippen MR) is 63.7 cm³/mol. The lowest BCUT2D eigenvalue weighted by Gasteiger charge is -2.03. The molecule has 0 aliphatic heterocycles. The Labute approximate surface area is 101 Å². The zero-order valence-electron chi connectivity index (χ0n) is 8.04. The standard InChI is InChI=1S/C11H7ClFNOS/c12-9-4-5-16-10(9)11(15)14-8-3-1-2-7(13)6-8/h1-6H,(H,14,15). The third-order valence-corrected chi connectivity index (χ3v) is 3.25. The zero-order chi connectivity index (χ0) is 11.5. The van der Waals surface area contributed by atoms with Crippen molar-refractivity contribution in [1.29, 1.82) is 0 Å². The van der Waals surface area contributed by atoms with Crippen LogP contribution in [0.1, 0.15) is 9.67 Å². The number of carbonyl (C=O) groups is 1. The number of amides is 1. The molecule has 82 valence electrons. The van der Waals surface area contributed by atoms with Crippen LogP contribution in [0.5, 0.6) is 0 Å². The molecule has 0 saturated heterocycles. The first-order valence-electron chi connectivity index (χ1n) is 4.47. The molecule has 0 unspecified atom stereocenters. The van der Waals surface area contributed by atoms with Crippen molar-refractivity contribution in [2.45, 2.75) is 0 Å². The average molecular weight is 256 g/mol. The fourth-order valence-electron chi connectivity index (χ4n) is 1.21. The van der Waals surface area contributed by atoms with E-state index in [0.717, 1.165) is 0 Å². The van der Waals surface area contributed by atoms with E-state index in [1.165, 1.54) is 29.5 Å². The van der Waals surface area contributed by atoms with Crippen molar-refractivity contribution in [2.75, 3.05) is 5.32 Å². The summed E-state index contributed by atoms with van der Waals surface area (Å²) in [5, 5.41) is 4.70. The highest BCUT2D eigenvalue weighted by atomic mass is 35.5. The molecule has 0 fully saturated rings. The highest BCUT2D eigenvalue weighted by molar-refractivity contribution is 7.12. The normalized spacial score (nSPS) is 10.1. The Bertz CT molecular complexity index is 526. The van der Waals surface area contributed by atoms with Crippen molar-refractivity contribution in [1.82, 2.24) is 0 Å². The predicted octanol–water partition coefficient (Wildman–Crippen LogP) is 3.79. The van der Waals surface area contributed by atoms with Gasteiger partial charge in [-0.15, -0.1) is 11.3 Å². The lowest BCUT2D eigenvalue weighted by atomic mass is 10.3. The minimum absolute atomic E-state index is 0.328. The summed E-state index contributed by atoms with van der Waals surface area (Å²) in [6.45, 7) is 0. The molecule has 2 rings (SSSR count). The van der Waals surface area contributed by atoms with E-state index in [1.807, 2.05) is 0 Å². The number of halogens is 2. The van der Waals surface area contributed by atoms with Gasteiger partial charge in [-0.2, -0.15) is 0 Å². The maximum Gasteiger partial charge on any atom is 0.267 e. The molecular weight excluding hydrogens is 249 g/mol. The quantitative estimate of drug-likeness (QED) is 0.869. The van der Waals surface area contributed by atoms with Gasteiger partial charge in [-0.05, 0) is 29.6 Å². The average Bonchev–Trinajstić information content (AvgIpc) is 2.64. The van der Waals surface area contributed by atoms with E-state index in [0.29, 0.717) is 15.6 Å². The third kappa shape index (κ3) is 2.40. The van der Waals surface area contributed by atoms with E-state index < -0.39 is 5.82 Å². The monoisotopic (exact) mass is 255 g/mol. The molecule has 1 aromatic heterocycles. The molecule has 1 amide bonds. The first-order chi connectivity index (χ1) is 7.66. The number of anilines is 1. The van der Waals surface area contributed by atoms with Gasteiger partial charge in [0, 0.05) is 5.69 Å². The van der Waals surface area contributed by atoms with Gasteiger partial charge in [-0.1, -0.05) is 17.7 Å². The van der Waals surface area contributed by atoms with Crippen molar-refractivity contribution in [3.05, 3.63) is 51.4 Å². The topological polar surface area (TPSA) is 29.1 Å².